The van der Waals surface area contributed by atoms with Gasteiger partial charge >= 0.3 is 0 Å². The van der Waals surface area contributed by atoms with Crippen LogP contribution in [0.25, 0.3) is 10.1 Å². The second-order valence-corrected chi connectivity index (χ2v) is 6.87. The first kappa shape index (κ1) is 16.2. The molecule has 0 aliphatic rings. The van der Waals surface area contributed by atoms with Crippen molar-refractivity contribution in [3.63, 3.8) is 0 Å². The summed E-state index contributed by atoms with van der Waals surface area (Å²) in [6, 6.07) is 13.2. The quantitative estimate of drug-likeness (QED) is 0.611. The minimum absolute atomic E-state index is 0.310. The molecule has 3 nitrogen and oxygen atoms in total. The Hall–Kier alpha value is -1.62. The molecule has 0 amide bonds. The van der Waals surface area contributed by atoms with Crippen molar-refractivity contribution in [1.29, 1.82) is 0 Å². The summed E-state index contributed by atoms with van der Waals surface area (Å²) in [5.41, 5.74) is 0.692. The van der Waals surface area contributed by atoms with Gasteiger partial charge in [-0.1, -0.05) is 59.7 Å². The number of hydrogen-bond acceptors (Lipinski definition) is 4. The summed E-state index contributed by atoms with van der Waals surface area (Å²) in [7, 11) is 0. The number of halogens is 2. The first-order valence-electron chi connectivity index (χ1n) is 7.22. The molecule has 118 valence electrons. The molecule has 3 rings (SSSR count). The lowest BCUT2D eigenvalue weighted by atomic mass is 10.3. The van der Waals surface area contributed by atoms with Gasteiger partial charge in [-0.05, 0) is 30.7 Å². The van der Waals surface area contributed by atoms with Crippen LogP contribution in [0.4, 0.5) is 10.8 Å². The van der Waals surface area contributed by atoms with Crippen LogP contribution in [0.2, 0.25) is 10.0 Å². The first-order chi connectivity index (χ1) is 11.1. The topological polar surface area (TPSA) is 33.2 Å². The molecule has 6 heteroatoms. The van der Waals surface area contributed by atoms with Crippen molar-refractivity contribution >= 4 is 55.4 Å². The van der Waals surface area contributed by atoms with Crippen LogP contribution in [-0.2, 0) is 0 Å². The maximum atomic E-state index is 12.4. The van der Waals surface area contributed by atoms with E-state index in [2.05, 4.69) is 11.9 Å². The number of benzene rings is 2. The highest BCUT2D eigenvalue weighted by Crippen LogP contribution is 2.34. The molecule has 0 unspecified atom stereocenters. The molecule has 1 heterocycles. The predicted octanol–water partition coefficient (Wildman–Crippen LogP) is 5.51. The van der Waals surface area contributed by atoms with E-state index in [4.69, 9.17) is 23.2 Å². The van der Waals surface area contributed by atoms with E-state index in [-0.39, 0.29) is 5.56 Å². The molecule has 1 aromatic heterocycles. The molecule has 0 aliphatic heterocycles. The van der Waals surface area contributed by atoms with Crippen LogP contribution in [0.15, 0.2) is 47.3 Å². The summed E-state index contributed by atoms with van der Waals surface area (Å²) in [5.74, 6) is 0. The average molecular weight is 365 g/mol. The number of hydrogen-bond donors (Lipinski definition) is 0. The zero-order valence-corrected chi connectivity index (χ0v) is 14.8. The molecule has 0 aliphatic carbocycles. The largest absolute Gasteiger partial charge is 0.318 e. The van der Waals surface area contributed by atoms with E-state index in [9.17, 15) is 4.79 Å². The fourth-order valence-electron chi connectivity index (χ4n) is 2.37. The molecule has 0 N–H and O–H groups in total. The number of anilines is 2. The molecule has 0 spiro atoms. The predicted molar refractivity (Wildman–Crippen MR) is 99.6 cm³/mol. The summed E-state index contributed by atoms with van der Waals surface area (Å²) in [6.07, 6.45) is 0.934. The molecular formula is C17H14Cl2N2OS. The van der Waals surface area contributed by atoms with Gasteiger partial charge in [0, 0.05) is 17.3 Å². The van der Waals surface area contributed by atoms with Gasteiger partial charge < -0.3 is 4.90 Å². The van der Waals surface area contributed by atoms with Gasteiger partial charge in [0.05, 0.1) is 15.1 Å². The Labute approximate surface area is 148 Å². The van der Waals surface area contributed by atoms with Gasteiger partial charge in [0.15, 0.2) is 5.13 Å². The van der Waals surface area contributed by atoms with E-state index in [1.807, 2.05) is 35.2 Å². The maximum absolute atomic E-state index is 12.4. The molecule has 0 fully saturated rings. The van der Waals surface area contributed by atoms with Crippen molar-refractivity contribution in [2.45, 2.75) is 13.3 Å². The lowest BCUT2D eigenvalue weighted by Gasteiger charge is -2.22. The van der Waals surface area contributed by atoms with Crippen LogP contribution >= 0.6 is 34.5 Å². The zero-order chi connectivity index (χ0) is 16.4. The molecule has 0 atom stereocenters. The van der Waals surface area contributed by atoms with Crippen molar-refractivity contribution < 1.29 is 0 Å². The van der Waals surface area contributed by atoms with E-state index in [0.717, 1.165) is 18.7 Å². The number of fused-ring (bicyclic) bond motifs is 1. The van der Waals surface area contributed by atoms with Gasteiger partial charge in [0.1, 0.15) is 0 Å². The van der Waals surface area contributed by atoms with Crippen molar-refractivity contribution in [1.82, 2.24) is 4.98 Å². The summed E-state index contributed by atoms with van der Waals surface area (Å²) in [6.45, 7) is 2.86. The first-order valence-corrected chi connectivity index (χ1v) is 8.80. The minimum atomic E-state index is -0.310. The summed E-state index contributed by atoms with van der Waals surface area (Å²) < 4.78 is 0.711. The molecule has 23 heavy (non-hydrogen) atoms. The fourth-order valence-corrected chi connectivity index (χ4v) is 4.01. The normalized spacial score (nSPS) is 10.9. The van der Waals surface area contributed by atoms with Crippen LogP contribution in [0.1, 0.15) is 13.3 Å². The summed E-state index contributed by atoms with van der Waals surface area (Å²) in [4.78, 5) is 18.7. The van der Waals surface area contributed by atoms with E-state index in [1.165, 1.54) is 11.3 Å². The highest BCUT2D eigenvalue weighted by molar-refractivity contribution is 7.22. The molecule has 2 aromatic carbocycles. The molecular weight excluding hydrogens is 351 g/mol. The van der Waals surface area contributed by atoms with Crippen molar-refractivity contribution in [3.05, 3.63) is 62.9 Å². The van der Waals surface area contributed by atoms with E-state index < -0.39 is 0 Å². The Morgan fingerprint density at radius 2 is 1.91 bits per heavy atom. The van der Waals surface area contributed by atoms with E-state index in [1.54, 1.807) is 12.1 Å². The number of para-hydroxylation sites is 1. The SMILES string of the molecule is CCCN(c1ccccc1)c1nc(=O)c2cc(Cl)cc(Cl)c2s1. The van der Waals surface area contributed by atoms with E-state index in [0.29, 0.717) is 25.3 Å². The van der Waals surface area contributed by atoms with Crippen LogP contribution in [0.3, 0.4) is 0 Å². The third-order valence-electron chi connectivity index (χ3n) is 3.38. The number of nitrogens with zero attached hydrogens (tertiary/aromatic N) is 2. The number of rotatable bonds is 4. The second kappa shape index (κ2) is 6.87. The van der Waals surface area contributed by atoms with Gasteiger partial charge in [0.25, 0.3) is 5.56 Å². The third kappa shape index (κ3) is 3.34. The van der Waals surface area contributed by atoms with Crippen LogP contribution in [0.5, 0.6) is 0 Å². The fraction of sp³-hybridized carbons (Fsp3) is 0.176. The zero-order valence-electron chi connectivity index (χ0n) is 12.4. The van der Waals surface area contributed by atoms with Gasteiger partial charge in [-0.2, -0.15) is 4.98 Å². The Morgan fingerprint density at radius 1 is 1.17 bits per heavy atom. The highest BCUT2D eigenvalue weighted by atomic mass is 35.5. The lowest BCUT2D eigenvalue weighted by Crippen LogP contribution is -2.21. The van der Waals surface area contributed by atoms with Crippen molar-refractivity contribution in [2.75, 3.05) is 11.4 Å². The molecule has 0 bridgehead atoms. The highest BCUT2D eigenvalue weighted by Gasteiger charge is 2.15. The van der Waals surface area contributed by atoms with Gasteiger partial charge in [-0.15, -0.1) is 0 Å². The van der Waals surface area contributed by atoms with Gasteiger partial charge in [-0.25, -0.2) is 0 Å². The van der Waals surface area contributed by atoms with Crippen LogP contribution in [0, 0.1) is 0 Å². The summed E-state index contributed by atoms with van der Waals surface area (Å²) >= 11 is 13.7. The molecule has 0 radical (unpaired) electrons. The standard InChI is InChI=1S/C17H14Cl2N2OS/c1-2-8-21(12-6-4-3-5-7-12)17-20-16(22)13-9-11(18)10-14(19)15(13)23-17/h3-7,9-10H,2,8H2,1H3. The third-order valence-corrected chi connectivity index (χ3v) is 5.14. The number of aromatic nitrogens is 1. The Balaban J connectivity index is 2.20. The Morgan fingerprint density at radius 3 is 2.61 bits per heavy atom. The van der Waals surface area contributed by atoms with Crippen molar-refractivity contribution in [3.8, 4) is 0 Å². The second-order valence-electron chi connectivity index (χ2n) is 5.05. The Bertz CT molecular complexity index is 896. The lowest BCUT2D eigenvalue weighted by molar-refractivity contribution is 0.878. The smallest absolute Gasteiger partial charge is 0.281 e. The molecule has 0 saturated carbocycles. The average Bonchev–Trinajstić information content (AvgIpc) is 2.54. The molecule has 0 saturated heterocycles. The van der Waals surface area contributed by atoms with Gasteiger partial charge in [0.2, 0.25) is 0 Å². The van der Waals surface area contributed by atoms with Gasteiger partial charge in [-0.3, -0.25) is 4.79 Å². The monoisotopic (exact) mass is 364 g/mol. The maximum Gasteiger partial charge on any atom is 0.281 e. The van der Waals surface area contributed by atoms with Crippen molar-refractivity contribution in [2.24, 2.45) is 0 Å². The summed E-state index contributed by atoms with van der Waals surface area (Å²) in [5, 5.41) is 2.01. The van der Waals surface area contributed by atoms with E-state index >= 15 is 0 Å². The Kier molecular flexibility index (Phi) is 4.85. The molecule has 3 aromatic rings. The van der Waals surface area contributed by atoms with Crippen LogP contribution in [-0.4, -0.2) is 11.5 Å². The van der Waals surface area contributed by atoms with Crippen LogP contribution < -0.4 is 10.5 Å². The minimum Gasteiger partial charge on any atom is -0.318 e.